The number of carbonyl (C=O) groups excluding carboxylic acids is 1. The molecule has 1 aromatic carbocycles. The fourth-order valence-electron chi connectivity index (χ4n) is 2.07. The third kappa shape index (κ3) is 3.13. The predicted molar refractivity (Wildman–Crippen MR) is 80.8 cm³/mol. The Balaban J connectivity index is 2.24. The average molecular weight is 270 g/mol. The average Bonchev–Trinajstić information content (AvgIpc) is 2.47. The van der Waals surface area contributed by atoms with Crippen molar-refractivity contribution in [2.75, 3.05) is 18.4 Å². The molecule has 1 aromatic rings. The number of carbonyl (C=O) groups is 1. The number of hydrogen-bond acceptors (Lipinski definition) is 4. The molecule has 1 aliphatic heterocycles. The van der Waals surface area contributed by atoms with Crippen molar-refractivity contribution in [2.45, 2.75) is 6.42 Å². The van der Waals surface area contributed by atoms with Crippen molar-refractivity contribution in [3.8, 4) is 0 Å². The van der Waals surface area contributed by atoms with Gasteiger partial charge < -0.3 is 16.4 Å². The number of nitrogens with one attached hydrogen (secondary N) is 3. The van der Waals surface area contributed by atoms with Gasteiger partial charge in [-0.3, -0.25) is 10.2 Å². The summed E-state index contributed by atoms with van der Waals surface area (Å²) in [5, 5.41) is 14.2. The third-order valence-corrected chi connectivity index (χ3v) is 3.17. The first-order chi connectivity index (χ1) is 9.61. The first-order valence-corrected chi connectivity index (χ1v) is 6.43. The SMILES string of the molecule is C=CC(=O)Nc1cccc(C(=N)C2=C(N)CCNC2)c1. The molecule has 2 rings (SSSR count). The summed E-state index contributed by atoms with van der Waals surface area (Å²) in [5.74, 6) is -0.272. The van der Waals surface area contributed by atoms with Gasteiger partial charge in [-0.05, 0) is 24.6 Å². The Labute approximate surface area is 118 Å². The Morgan fingerprint density at radius 1 is 1.50 bits per heavy atom. The van der Waals surface area contributed by atoms with E-state index < -0.39 is 0 Å². The zero-order valence-corrected chi connectivity index (χ0v) is 11.2. The maximum Gasteiger partial charge on any atom is 0.247 e. The molecular weight excluding hydrogens is 252 g/mol. The Bertz CT molecular complexity index is 589. The van der Waals surface area contributed by atoms with Gasteiger partial charge in [0.25, 0.3) is 0 Å². The normalized spacial score (nSPS) is 14.8. The van der Waals surface area contributed by atoms with Crippen molar-refractivity contribution in [3.05, 3.63) is 53.8 Å². The molecule has 0 radical (unpaired) electrons. The lowest BCUT2D eigenvalue weighted by Gasteiger charge is -2.19. The summed E-state index contributed by atoms with van der Waals surface area (Å²) in [5.41, 5.74) is 9.32. The summed E-state index contributed by atoms with van der Waals surface area (Å²) in [6, 6.07) is 7.17. The van der Waals surface area contributed by atoms with Gasteiger partial charge in [-0.1, -0.05) is 18.7 Å². The Hall–Kier alpha value is -2.40. The van der Waals surface area contributed by atoms with Crippen molar-refractivity contribution >= 4 is 17.3 Å². The summed E-state index contributed by atoms with van der Waals surface area (Å²) in [6.07, 6.45) is 1.97. The van der Waals surface area contributed by atoms with E-state index >= 15 is 0 Å². The summed E-state index contributed by atoms with van der Waals surface area (Å²) < 4.78 is 0. The van der Waals surface area contributed by atoms with E-state index in [0.717, 1.165) is 29.8 Å². The van der Waals surface area contributed by atoms with Crippen LogP contribution in [0.25, 0.3) is 0 Å². The van der Waals surface area contributed by atoms with E-state index in [1.165, 1.54) is 6.08 Å². The molecule has 0 saturated heterocycles. The number of benzene rings is 1. The van der Waals surface area contributed by atoms with E-state index in [1.54, 1.807) is 18.2 Å². The fraction of sp³-hybridized carbons (Fsp3) is 0.200. The highest BCUT2D eigenvalue weighted by Crippen LogP contribution is 2.17. The van der Waals surface area contributed by atoms with Gasteiger partial charge in [-0.2, -0.15) is 0 Å². The molecule has 104 valence electrons. The smallest absolute Gasteiger partial charge is 0.247 e. The first-order valence-electron chi connectivity index (χ1n) is 6.43. The molecule has 0 bridgehead atoms. The highest BCUT2D eigenvalue weighted by atomic mass is 16.1. The quantitative estimate of drug-likeness (QED) is 0.492. The molecule has 5 N–H and O–H groups in total. The van der Waals surface area contributed by atoms with Crippen molar-refractivity contribution in [3.63, 3.8) is 0 Å². The molecule has 0 aliphatic carbocycles. The Kier molecular flexibility index (Phi) is 4.32. The molecular formula is C15H18N4O. The molecule has 0 saturated carbocycles. The summed E-state index contributed by atoms with van der Waals surface area (Å²) in [6.45, 7) is 4.86. The lowest BCUT2D eigenvalue weighted by atomic mass is 9.97. The second-order valence-corrected chi connectivity index (χ2v) is 4.58. The molecule has 0 spiro atoms. The minimum atomic E-state index is -0.272. The van der Waals surface area contributed by atoms with Gasteiger partial charge in [0.2, 0.25) is 5.91 Å². The largest absolute Gasteiger partial charge is 0.402 e. The highest BCUT2D eigenvalue weighted by Gasteiger charge is 2.15. The molecule has 20 heavy (non-hydrogen) atoms. The van der Waals surface area contributed by atoms with Crippen LogP contribution in [0.3, 0.4) is 0 Å². The van der Waals surface area contributed by atoms with E-state index in [-0.39, 0.29) is 5.91 Å². The van der Waals surface area contributed by atoms with Crippen LogP contribution < -0.4 is 16.4 Å². The molecule has 0 fully saturated rings. The third-order valence-electron chi connectivity index (χ3n) is 3.17. The monoisotopic (exact) mass is 270 g/mol. The molecule has 0 atom stereocenters. The maximum atomic E-state index is 11.3. The lowest BCUT2D eigenvalue weighted by molar-refractivity contribution is -0.111. The highest BCUT2D eigenvalue weighted by molar-refractivity contribution is 6.12. The molecule has 5 heteroatoms. The minimum absolute atomic E-state index is 0.272. The van der Waals surface area contributed by atoms with Gasteiger partial charge in [0.05, 0.1) is 5.71 Å². The van der Waals surface area contributed by atoms with Gasteiger partial charge in [0.15, 0.2) is 0 Å². The number of anilines is 1. The molecule has 1 aliphatic rings. The van der Waals surface area contributed by atoms with Crippen LogP contribution in [-0.2, 0) is 4.79 Å². The van der Waals surface area contributed by atoms with Gasteiger partial charge in [0.1, 0.15) is 0 Å². The van der Waals surface area contributed by atoms with Crippen LogP contribution in [0.4, 0.5) is 5.69 Å². The molecule has 1 heterocycles. The van der Waals surface area contributed by atoms with Gasteiger partial charge in [-0.15, -0.1) is 0 Å². The summed E-state index contributed by atoms with van der Waals surface area (Å²) in [7, 11) is 0. The predicted octanol–water partition coefficient (Wildman–Crippen LogP) is 1.39. The number of rotatable bonds is 4. The minimum Gasteiger partial charge on any atom is -0.402 e. The second-order valence-electron chi connectivity index (χ2n) is 4.58. The van der Waals surface area contributed by atoms with E-state index in [1.807, 2.05) is 6.07 Å². The van der Waals surface area contributed by atoms with Gasteiger partial charge >= 0.3 is 0 Å². The lowest BCUT2D eigenvalue weighted by Crippen LogP contribution is -2.31. The van der Waals surface area contributed by atoms with Crippen molar-refractivity contribution < 1.29 is 4.79 Å². The van der Waals surface area contributed by atoms with Crippen LogP contribution in [0, 0.1) is 5.41 Å². The summed E-state index contributed by atoms with van der Waals surface area (Å²) >= 11 is 0. The molecule has 5 nitrogen and oxygen atoms in total. The van der Waals surface area contributed by atoms with E-state index in [9.17, 15) is 4.79 Å². The van der Waals surface area contributed by atoms with E-state index in [0.29, 0.717) is 17.9 Å². The van der Waals surface area contributed by atoms with Crippen LogP contribution in [0.5, 0.6) is 0 Å². The topological polar surface area (TPSA) is 91.0 Å². The number of amides is 1. The molecule has 0 aromatic heterocycles. The van der Waals surface area contributed by atoms with Crippen molar-refractivity contribution in [1.82, 2.24) is 5.32 Å². The second kappa shape index (κ2) is 6.16. The van der Waals surface area contributed by atoms with Crippen LogP contribution in [0.2, 0.25) is 0 Å². The van der Waals surface area contributed by atoms with Crippen LogP contribution in [-0.4, -0.2) is 24.7 Å². The molecule has 0 unspecified atom stereocenters. The zero-order valence-electron chi connectivity index (χ0n) is 11.2. The van der Waals surface area contributed by atoms with Crippen LogP contribution >= 0.6 is 0 Å². The van der Waals surface area contributed by atoms with Crippen LogP contribution in [0.1, 0.15) is 12.0 Å². The zero-order chi connectivity index (χ0) is 14.5. The van der Waals surface area contributed by atoms with Crippen molar-refractivity contribution in [2.24, 2.45) is 5.73 Å². The van der Waals surface area contributed by atoms with E-state index in [2.05, 4.69) is 17.2 Å². The van der Waals surface area contributed by atoms with Crippen LogP contribution in [0.15, 0.2) is 48.2 Å². The standard InChI is InChI=1S/C15H18N4O/c1-2-14(20)19-11-5-3-4-10(8-11)15(17)12-9-18-7-6-13(12)16/h2-5,8,17-18H,1,6-7,9,16H2,(H,19,20). The van der Waals surface area contributed by atoms with Gasteiger partial charge in [-0.25, -0.2) is 0 Å². The number of hydrogen-bond donors (Lipinski definition) is 4. The van der Waals surface area contributed by atoms with E-state index in [4.69, 9.17) is 11.1 Å². The number of nitrogens with two attached hydrogens (primary N) is 1. The molecule has 1 amide bonds. The Morgan fingerprint density at radius 2 is 2.30 bits per heavy atom. The van der Waals surface area contributed by atoms with Gasteiger partial charge in [0, 0.05) is 35.6 Å². The maximum absolute atomic E-state index is 11.3. The summed E-state index contributed by atoms with van der Waals surface area (Å²) in [4.78, 5) is 11.3. The Morgan fingerprint density at radius 3 is 3.00 bits per heavy atom. The van der Waals surface area contributed by atoms with Crippen molar-refractivity contribution in [1.29, 1.82) is 5.41 Å². The fourth-order valence-corrected chi connectivity index (χ4v) is 2.07. The first kappa shape index (κ1) is 14.0.